The number of non-ortho nitro benzene ring substituents is 1. The fourth-order valence-electron chi connectivity index (χ4n) is 3.53. The van der Waals surface area contributed by atoms with Crippen molar-refractivity contribution < 1.29 is 14.5 Å². The monoisotopic (exact) mass is 510 g/mol. The van der Waals surface area contributed by atoms with E-state index in [1.807, 2.05) is 30.5 Å². The van der Waals surface area contributed by atoms with Crippen LogP contribution in [-0.4, -0.2) is 51.9 Å². The molecule has 0 spiro atoms. The van der Waals surface area contributed by atoms with Crippen molar-refractivity contribution >= 4 is 45.6 Å². The largest absolute Gasteiger partial charge is 0.383 e. The van der Waals surface area contributed by atoms with Gasteiger partial charge in [-0.3, -0.25) is 19.3 Å². The Hall–Kier alpha value is -3.53. The van der Waals surface area contributed by atoms with E-state index in [9.17, 15) is 14.9 Å². The summed E-state index contributed by atoms with van der Waals surface area (Å²) in [4.78, 5) is 30.6. The molecule has 2 aromatic heterocycles. The van der Waals surface area contributed by atoms with Crippen LogP contribution in [0.4, 0.5) is 5.69 Å². The molecule has 0 saturated heterocycles. The second kappa shape index (κ2) is 11.3. The molecular formula is C25H23ClN4O4S. The van der Waals surface area contributed by atoms with Gasteiger partial charge in [0.2, 0.25) is 5.91 Å². The number of thiazole rings is 1. The van der Waals surface area contributed by atoms with E-state index in [2.05, 4.69) is 9.78 Å². The summed E-state index contributed by atoms with van der Waals surface area (Å²) < 4.78 is 7.24. The average Bonchev–Trinajstić information content (AvgIpc) is 3.45. The standard InChI is InChI=1S/C25H23ClN4O4S/c1-34-15-14-28(24(31)11-4-18-2-9-21(10-3-18)30(32)33)13-12-22-17-35-25-27-23(16-29(22)25)19-5-7-20(26)8-6-19/h2-11,16-17H,12-15H2,1H3. The highest BCUT2D eigenvalue weighted by atomic mass is 35.5. The van der Waals surface area contributed by atoms with Crippen molar-refractivity contribution in [3.63, 3.8) is 0 Å². The van der Waals surface area contributed by atoms with Crippen LogP contribution < -0.4 is 0 Å². The molecule has 180 valence electrons. The van der Waals surface area contributed by atoms with Crippen molar-refractivity contribution in [3.8, 4) is 11.3 Å². The van der Waals surface area contributed by atoms with Crippen LogP contribution in [0.15, 0.2) is 66.2 Å². The smallest absolute Gasteiger partial charge is 0.269 e. The zero-order chi connectivity index (χ0) is 24.8. The number of carbonyl (C=O) groups excluding carboxylic acids is 1. The van der Waals surface area contributed by atoms with Crippen LogP contribution in [0, 0.1) is 10.1 Å². The van der Waals surface area contributed by atoms with Gasteiger partial charge in [0.05, 0.1) is 17.2 Å². The number of imidazole rings is 1. The minimum atomic E-state index is -0.453. The summed E-state index contributed by atoms with van der Waals surface area (Å²) in [5.74, 6) is -0.153. The van der Waals surface area contributed by atoms with Gasteiger partial charge >= 0.3 is 0 Å². The molecule has 0 atom stereocenters. The number of halogens is 1. The summed E-state index contributed by atoms with van der Waals surface area (Å²) in [6, 6.07) is 13.6. The fourth-order valence-corrected chi connectivity index (χ4v) is 4.57. The Kier molecular flexibility index (Phi) is 7.91. The number of rotatable bonds is 10. The lowest BCUT2D eigenvalue weighted by molar-refractivity contribution is -0.384. The third-order valence-corrected chi connectivity index (χ3v) is 6.60. The predicted octanol–water partition coefficient (Wildman–Crippen LogP) is 5.36. The molecule has 4 aromatic rings. The number of benzene rings is 2. The van der Waals surface area contributed by atoms with Gasteiger partial charge < -0.3 is 9.64 Å². The lowest BCUT2D eigenvalue weighted by atomic mass is 10.2. The molecule has 0 radical (unpaired) electrons. The van der Waals surface area contributed by atoms with Gasteiger partial charge in [-0.15, -0.1) is 11.3 Å². The molecule has 0 N–H and O–H groups in total. The molecule has 35 heavy (non-hydrogen) atoms. The first-order chi connectivity index (χ1) is 16.9. The van der Waals surface area contributed by atoms with E-state index in [1.165, 1.54) is 18.2 Å². The normalized spacial score (nSPS) is 11.4. The highest BCUT2D eigenvalue weighted by molar-refractivity contribution is 7.15. The van der Waals surface area contributed by atoms with Gasteiger partial charge in [-0.25, -0.2) is 4.98 Å². The van der Waals surface area contributed by atoms with E-state index in [0.29, 0.717) is 36.7 Å². The van der Waals surface area contributed by atoms with Crippen molar-refractivity contribution in [2.75, 3.05) is 26.8 Å². The Morgan fingerprint density at radius 2 is 1.94 bits per heavy atom. The molecule has 0 unspecified atom stereocenters. The number of methoxy groups -OCH3 is 1. The second-order valence-electron chi connectivity index (χ2n) is 7.76. The molecule has 2 aromatic carbocycles. The van der Waals surface area contributed by atoms with Crippen molar-refractivity contribution in [2.45, 2.75) is 6.42 Å². The first-order valence-corrected chi connectivity index (χ1v) is 12.1. The van der Waals surface area contributed by atoms with Gasteiger partial charge in [0.25, 0.3) is 5.69 Å². The number of hydrogen-bond donors (Lipinski definition) is 0. The number of nitro groups is 1. The number of nitrogens with zero attached hydrogens (tertiary/aromatic N) is 4. The lowest BCUT2D eigenvalue weighted by Gasteiger charge is -2.20. The quantitative estimate of drug-likeness (QED) is 0.163. The number of amides is 1. The Morgan fingerprint density at radius 1 is 1.20 bits per heavy atom. The summed E-state index contributed by atoms with van der Waals surface area (Å²) in [7, 11) is 1.60. The zero-order valence-electron chi connectivity index (χ0n) is 19.0. The predicted molar refractivity (Wildman–Crippen MR) is 138 cm³/mol. The number of carbonyl (C=O) groups is 1. The molecule has 1 amide bonds. The van der Waals surface area contributed by atoms with Gasteiger partial charge in [-0.2, -0.15) is 0 Å². The first-order valence-electron chi connectivity index (χ1n) is 10.9. The van der Waals surface area contributed by atoms with Crippen molar-refractivity contribution in [2.24, 2.45) is 0 Å². The summed E-state index contributed by atoms with van der Waals surface area (Å²) in [5.41, 5.74) is 3.64. The molecule has 0 aliphatic heterocycles. The third kappa shape index (κ3) is 6.13. The van der Waals surface area contributed by atoms with Gasteiger partial charge in [0.1, 0.15) is 0 Å². The topological polar surface area (TPSA) is 90.0 Å². The molecule has 0 aliphatic rings. The summed E-state index contributed by atoms with van der Waals surface area (Å²) in [6.45, 7) is 1.38. The SMILES string of the molecule is COCCN(CCc1csc2nc(-c3ccc(Cl)cc3)cn12)C(=O)C=Cc1ccc([N+](=O)[O-])cc1. The third-order valence-electron chi connectivity index (χ3n) is 5.46. The van der Waals surface area contributed by atoms with Gasteiger partial charge in [-0.1, -0.05) is 23.7 Å². The summed E-state index contributed by atoms with van der Waals surface area (Å²) in [6.07, 6.45) is 5.79. The molecular weight excluding hydrogens is 488 g/mol. The van der Waals surface area contributed by atoms with Crippen molar-refractivity contribution in [1.82, 2.24) is 14.3 Å². The Morgan fingerprint density at radius 3 is 2.63 bits per heavy atom. The minimum Gasteiger partial charge on any atom is -0.383 e. The van der Waals surface area contributed by atoms with E-state index in [4.69, 9.17) is 21.3 Å². The number of aromatic nitrogens is 2. The maximum atomic E-state index is 12.9. The van der Waals surface area contributed by atoms with Crippen LogP contribution in [-0.2, 0) is 16.0 Å². The van der Waals surface area contributed by atoms with Gasteiger partial charge in [0, 0.05) is 72.7 Å². The minimum absolute atomic E-state index is 0.0102. The van der Waals surface area contributed by atoms with Crippen molar-refractivity contribution in [1.29, 1.82) is 0 Å². The van der Waals surface area contributed by atoms with E-state index < -0.39 is 4.92 Å². The molecule has 8 nitrogen and oxygen atoms in total. The maximum Gasteiger partial charge on any atom is 0.269 e. The Bertz CT molecular complexity index is 1350. The number of ether oxygens (including phenoxy) is 1. The van der Waals surface area contributed by atoms with E-state index in [-0.39, 0.29) is 11.6 Å². The Balaban J connectivity index is 1.45. The molecule has 0 saturated carbocycles. The molecule has 0 aliphatic carbocycles. The molecule has 0 bridgehead atoms. The fraction of sp³-hybridized carbons (Fsp3) is 0.200. The number of fused-ring (bicyclic) bond motifs is 1. The highest BCUT2D eigenvalue weighted by Crippen LogP contribution is 2.25. The van der Waals surface area contributed by atoms with Gasteiger partial charge in [0.15, 0.2) is 4.96 Å². The number of hydrogen-bond acceptors (Lipinski definition) is 6. The highest BCUT2D eigenvalue weighted by Gasteiger charge is 2.14. The van der Waals surface area contributed by atoms with E-state index >= 15 is 0 Å². The second-order valence-corrected chi connectivity index (χ2v) is 9.04. The van der Waals surface area contributed by atoms with Crippen LogP contribution in [0.5, 0.6) is 0 Å². The molecule has 10 heteroatoms. The van der Waals surface area contributed by atoms with E-state index in [0.717, 1.165) is 21.9 Å². The van der Waals surface area contributed by atoms with Crippen LogP contribution >= 0.6 is 22.9 Å². The van der Waals surface area contributed by atoms with Crippen LogP contribution in [0.2, 0.25) is 5.02 Å². The zero-order valence-corrected chi connectivity index (χ0v) is 20.5. The lowest BCUT2D eigenvalue weighted by Crippen LogP contribution is -2.34. The van der Waals surface area contributed by atoms with Crippen LogP contribution in [0.3, 0.4) is 0 Å². The van der Waals surface area contributed by atoms with E-state index in [1.54, 1.807) is 41.6 Å². The van der Waals surface area contributed by atoms with Crippen molar-refractivity contribution in [3.05, 3.63) is 92.6 Å². The summed E-state index contributed by atoms with van der Waals surface area (Å²) in [5, 5.41) is 13.5. The van der Waals surface area contributed by atoms with Crippen LogP contribution in [0.25, 0.3) is 22.3 Å². The molecule has 2 heterocycles. The molecule has 4 rings (SSSR count). The first kappa shape index (κ1) is 24.6. The molecule has 0 fully saturated rings. The summed E-state index contributed by atoms with van der Waals surface area (Å²) >= 11 is 7.55. The van der Waals surface area contributed by atoms with Crippen LogP contribution in [0.1, 0.15) is 11.3 Å². The van der Waals surface area contributed by atoms with Gasteiger partial charge in [-0.05, 0) is 35.9 Å². The average molecular weight is 511 g/mol. The maximum absolute atomic E-state index is 12.9. The number of nitro benzene ring substituents is 1. The Labute approximate surface area is 211 Å².